The lowest BCUT2D eigenvalue weighted by atomic mass is 9.78. The number of hydrogen-bond donors (Lipinski definition) is 3. The maximum absolute atomic E-state index is 12.5. The molecule has 0 unspecified atom stereocenters. The summed E-state index contributed by atoms with van der Waals surface area (Å²) in [4.78, 5) is 0.132. The van der Waals surface area contributed by atoms with E-state index in [1.165, 1.54) is 0 Å². The second kappa shape index (κ2) is 4.77. The van der Waals surface area contributed by atoms with Crippen molar-refractivity contribution in [1.82, 2.24) is 4.72 Å². The van der Waals surface area contributed by atoms with E-state index in [1.54, 1.807) is 26.0 Å². The molecule has 0 spiro atoms. The minimum absolute atomic E-state index is 0.132. The van der Waals surface area contributed by atoms with Crippen molar-refractivity contribution in [2.24, 2.45) is 0 Å². The number of aryl methyl sites for hydroxylation is 2. The van der Waals surface area contributed by atoms with Crippen molar-refractivity contribution in [1.29, 1.82) is 0 Å². The number of benzene rings is 1. The van der Waals surface area contributed by atoms with E-state index >= 15 is 0 Å². The summed E-state index contributed by atoms with van der Waals surface area (Å²) in [5, 5.41) is 9.38. The van der Waals surface area contributed by atoms with Crippen LogP contribution in [0.1, 0.15) is 30.4 Å². The first-order chi connectivity index (χ1) is 8.81. The van der Waals surface area contributed by atoms with Gasteiger partial charge in [0.25, 0.3) is 0 Å². The Morgan fingerprint density at radius 3 is 2.37 bits per heavy atom. The zero-order valence-corrected chi connectivity index (χ0v) is 12.0. The van der Waals surface area contributed by atoms with Crippen LogP contribution < -0.4 is 10.5 Å². The maximum atomic E-state index is 12.5. The molecule has 0 bridgehead atoms. The first-order valence-corrected chi connectivity index (χ1v) is 7.80. The SMILES string of the molecule is Cc1ccc(C)c(S(=O)(=O)NC2(CO)CCC2)c1N. The lowest BCUT2D eigenvalue weighted by Gasteiger charge is -2.40. The van der Waals surface area contributed by atoms with Crippen LogP contribution in [0, 0.1) is 13.8 Å². The monoisotopic (exact) mass is 284 g/mol. The molecular weight excluding hydrogens is 264 g/mol. The molecule has 1 aliphatic rings. The standard InChI is InChI=1S/C13H20N2O3S/c1-9-4-5-10(2)12(11(9)14)19(17,18)15-13(8-16)6-3-7-13/h4-5,15-16H,3,6-8,14H2,1-2H3. The van der Waals surface area contributed by atoms with Gasteiger partial charge in [0, 0.05) is 0 Å². The topological polar surface area (TPSA) is 92.4 Å². The van der Waals surface area contributed by atoms with Crippen LogP contribution in [0.2, 0.25) is 0 Å². The Hall–Kier alpha value is -1.11. The van der Waals surface area contributed by atoms with Crippen LogP contribution in [0.25, 0.3) is 0 Å². The van der Waals surface area contributed by atoms with E-state index in [0.29, 0.717) is 18.4 Å². The minimum atomic E-state index is -3.71. The summed E-state index contributed by atoms with van der Waals surface area (Å²) in [6.45, 7) is 3.31. The third-order valence-electron chi connectivity index (χ3n) is 3.84. The molecular formula is C13H20N2O3S. The predicted molar refractivity (Wildman–Crippen MR) is 74.3 cm³/mol. The molecule has 1 aliphatic carbocycles. The number of nitrogen functional groups attached to an aromatic ring is 1. The molecule has 1 saturated carbocycles. The Balaban J connectivity index is 2.43. The highest BCUT2D eigenvalue weighted by Gasteiger charge is 2.41. The number of aliphatic hydroxyl groups excluding tert-OH is 1. The van der Waals surface area contributed by atoms with Gasteiger partial charge in [-0.25, -0.2) is 13.1 Å². The Morgan fingerprint density at radius 1 is 1.32 bits per heavy atom. The highest BCUT2D eigenvalue weighted by Crippen LogP contribution is 2.34. The lowest BCUT2D eigenvalue weighted by molar-refractivity contribution is 0.110. The van der Waals surface area contributed by atoms with E-state index < -0.39 is 15.6 Å². The van der Waals surface area contributed by atoms with Crippen molar-refractivity contribution < 1.29 is 13.5 Å². The second-order valence-electron chi connectivity index (χ2n) is 5.34. The molecule has 0 amide bonds. The lowest BCUT2D eigenvalue weighted by Crippen LogP contribution is -2.56. The Morgan fingerprint density at radius 2 is 1.89 bits per heavy atom. The normalized spacial score (nSPS) is 18.1. The van der Waals surface area contributed by atoms with Crippen LogP contribution in [0.15, 0.2) is 17.0 Å². The van der Waals surface area contributed by atoms with Gasteiger partial charge in [0.15, 0.2) is 0 Å². The number of sulfonamides is 1. The molecule has 0 aliphatic heterocycles. The van der Waals surface area contributed by atoms with Gasteiger partial charge in [-0.05, 0) is 44.2 Å². The molecule has 6 heteroatoms. The summed E-state index contributed by atoms with van der Waals surface area (Å²) in [6.07, 6.45) is 2.24. The number of nitrogens with one attached hydrogen (secondary N) is 1. The van der Waals surface area contributed by atoms with Crippen molar-refractivity contribution in [3.63, 3.8) is 0 Å². The van der Waals surface area contributed by atoms with Gasteiger partial charge in [-0.3, -0.25) is 0 Å². The van der Waals surface area contributed by atoms with Crippen molar-refractivity contribution >= 4 is 15.7 Å². The Kier molecular flexibility index (Phi) is 3.59. The average molecular weight is 284 g/mol. The summed E-state index contributed by atoms with van der Waals surface area (Å²) in [5.74, 6) is 0. The highest BCUT2D eigenvalue weighted by atomic mass is 32.2. The molecule has 0 aromatic heterocycles. The van der Waals surface area contributed by atoms with E-state index in [2.05, 4.69) is 4.72 Å². The van der Waals surface area contributed by atoms with Crippen LogP contribution in [0.4, 0.5) is 5.69 Å². The average Bonchev–Trinajstić information content (AvgIpc) is 2.29. The first kappa shape index (κ1) is 14.3. The largest absolute Gasteiger partial charge is 0.397 e. The molecule has 1 aromatic rings. The number of nitrogens with two attached hydrogens (primary N) is 1. The van der Waals surface area contributed by atoms with E-state index in [1.807, 2.05) is 0 Å². The van der Waals surface area contributed by atoms with Crippen LogP contribution in [0.5, 0.6) is 0 Å². The minimum Gasteiger partial charge on any atom is -0.397 e. The second-order valence-corrected chi connectivity index (χ2v) is 6.96. The third-order valence-corrected chi connectivity index (χ3v) is 5.62. The smallest absolute Gasteiger partial charge is 0.243 e. The summed E-state index contributed by atoms with van der Waals surface area (Å²) in [6, 6.07) is 3.54. The fourth-order valence-electron chi connectivity index (χ4n) is 2.40. The van der Waals surface area contributed by atoms with Crippen molar-refractivity contribution in [3.05, 3.63) is 23.3 Å². The first-order valence-electron chi connectivity index (χ1n) is 6.32. The van der Waals surface area contributed by atoms with Gasteiger partial charge in [-0.2, -0.15) is 0 Å². The van der Waals surface area contributed by atoms with Gasteiger partial charge < -0.3 is 10.8 Å². The predicted octanol–water partition coefficient (Wildman–Crippen LogP) is 1.08. The molecule has 106 valence electrons. The molecule has 0 saturated heterocycles. The van der Waals surface area contributed by atoms with Gasteiger partial charge >= 0.3 is 0 Å². The van der Waals surface area contributed by atoms with Gasteiger partial charge in [0.05, 0.1) is 17.8 Å². The Bertz CT molecular complexity index is 587. The zero-order valence-electron chi connectivity index (χ0n) is 11.2. The summed E-state index contributed by atoms with van der Waals surface area (Å²) in [5.41, 5.74) is 6.83. The quantitative estimate of drug-likeness (QED) is 0.721. The molecule has 1 aromatic carbocycles. The van der Waals surface area contributed by atoms with Crippen LogP contribution in [-0.2, 0) is 10.0 Å². The van der Waals surface area contributed by atoms with E-state index in [-0.39, 0.29) is 17.2 Å². The van der Waals surface area contributed by atoms with E-state index in [4.69, 9.17) is 5.73 Å². The molecule has 0 radical (unpaired) electrons. The van der Waals surface area contributed by atoms with Crippen LogP contribution >= 0.6 is 0 Å². The van der Waals surface area contributed by atoms with Gasteiger partial charge in [0.1, 0.15) is 4.90 Å². The Labute approximate surface area is 113 Å². The van der Waals surface area contributed by atoms with Gasteiger partial charge in [0.2, 0.25) is 10.0 Å². The highest BCUT2D eigenvalue weighted by molar-refractivity contribution is 7.89. The summed E-state index contributed by atoms with van der Waals surface area (Å²) < 4.78 is 27.6. The van der Waals surface area contributed by atoms with Crippen molar-refractivity contribution in [3.8, 4) is 0 Å². The molecule has 5 nitrogen and oxygen atoms in total. The molecule has 0 atom stereocenters. The summed E-state index contributed by atoms with van der Waals surface area (Å²) >= 11 is 0. The van der Waals surface area contributed by atoms with E-state index in [0.717, 1.165) is 12.0 Å². The molecule has 1 fully saturated rings. The molecule has 2 rings (SSSR count). The molecule has 4 N–H and O–H groups in total. The van der Waals surface area contributed by atoms with Crippen LogP contribution in [-0.4, -0.2) is 25.7 Å². The molecule has 19 heavy (non-hydrogen) atoms. The van der Waals surface area contributed by atoms with Crippen molar-refractivity contribution in [2.45, 2.75) is 43.5 Å². The van der Waals surface area contributed by atoms with Gasteiger partial charge in [-0.1, -0.05) is 12.1 Å². The zero-order chi connectivity index (χ0) is 14.3. The van der Waals surface area contributed by atoms with Crippen molar-refractivity contribution in [2.75, 3.05) is 12.3 Å². The molecule has 0 heterocycles. The number of anilines is 1. The number of rotatable bonds is 4. The number of hydrogen-bond acceptors (Lipinski definition) is 4. The maximum Gasteiger partial charge on any atom is 0.243 e. The fourth-order valence-corrected chi connectivity index (χ4v) is 4.28. The third kappa shape index (κ3) is 2.48. The summed E-state index contributed by atoms with van der Waals surface area (Å²) in [7, 11) is -3.71. The van der Waals surface area contributed by atoms with E-state index in [9.17, 15) is 13.5 Å². The van der Waals surface area contributed by atoms with Crippen LogP contribution in [0.3, 0.4) is 0 Å². The fraction of sp³-hybridized carbons (Fsp3) is 0.538. The number of aliphatic hydroxyl groups is 1. The van der Waals surface area contributed by atoms with Gasteiger partial charge in [-0.15, -0.1) is 0 Å².